The number of aromatic nitrogens is 2. The second kappa shape index (κ2) is 8.28. The molecule has 0 radical (unpaired) electrons. The SMILES string of the molecule is CCOC(=O)c1sc(NC(=O)Cn2c(C)csc2=O)nc1-c1ccccc1. The van der Waals surface area contributed by atoms with Crippen LogP contribution in [0.5, 0.6) is 0 Å². The summed E-state index contributed by atoms with van der Waals surface area (Å²) in [6.45, 7) is 3.63. The highest BCUT2D eigenvalue weighted by Gasteiger charge is 2.21. The Morgan fingerprint density at radius 1 is 1.26 bits per heavy atom. The van der Waals surface area contributed by atoms with Crippen molar-refractivity contribution < 1.29 is 14.3 Å². The van der Waals surface area contributed by atoms with E-state index in [4.69, 9.17) is 4.74 Å². The van der Waals surface area contributed by atoms with Crippen molar-refractivity contribution in [2.24, 2.45) is 0 Å². The maximum atomic E-state index is 12.3. The normalized spacial score (nSPS) is 10.6. The average Bonchev–Trinajstić information content (AvgIpc) is 3.21. The number of esters is 1. The predicted octanol–water partition coefficient (Wildman–Crippen LogP) is 3.16. The first-order chi connectivity index (χ1) is 13.0. The van der Waals surface area contributed by atoms with Gasteiger partial charge in [-0.1, -0.05) is 53.0 Å². The Bertz CT molecular complexity index is 1020. The first kappa shape index (κ1) is 19.0. The minimum Gasteiger partial charge on any atom is -0.462 e. The molecule has 0 saturated carbocycles. The lowest BCUT2D eigenvalue weighted by Crippen LogP contribution is -2.25. The number of amides is 1. The molecule has 1 N–H and O–H groups in total. The van der Waals surface area contributed by atoms with Crippen molar-refractivity contribution in [2.75, 3.05) is 11.9 Å². The number of rotatable bonds is 6. The van der Waals surface area contributed by atoms with E-state index < -0.39 is 5.97 Å². The van der Waals surface area contributed by atoms with Gasteiger partial charge in [0.2, 0.25) is 5.91 Å². The van der Waals surface area contributed by atoms with E-state index in [1.807, 2.05) is 30.3 Å². The molecular formula is C18H17N3O4S2. The summed E-state index contributed by atoms with van der Waals surface area (Å²) < 4.78 is 6.49. The number of carbonyl (C=O) groups is 2. The molecular weight excluding hydrogens is 386 g/mol. The number of ether oxygens (including phenoxy) is 1. The molecule has 0 unspecified atom stereocenters. The summed E-state index contributed by atoms with van der Waals surface area (Å²) in [5, 5.41) is 4.65. The first-order valence-corrected chi connectivity index (χ1v) is 9.87. The van der Waals surface area contributed by atoms with Crippen LogP contribution in [0.15, 0.2) is 40.5 Å². The Balaban J connectivity index is 1.86. The molecule has 3 rings (SSSR count). The molecule has 0 bridgehead atoms. The standard InChI is InChI=1S/C18H17N3O4S2/c1-3-25-16(23)15-14(12-7-5-4-6-8-12)20-17(27-15)19-13(22)9-21-11(2)10-26-18(21)24/h4-8,10H,3,9H2,1-2H3,(H,19,20,22). The van der Waals surface area contributed by atoms with Gasteiger partial charge in [0.05, 0.1) is 12.3 Å². The third-order valence-electron chi connectivity index (χ3n) is 3.66. The third-order valence-corrected chi connectivity index (χ3v) is 5.49. The van der Waals surface area contributed by atoms with Gasteiger partial charge in [-0.15, -0.1) is 0 Å². The zero-order valence-electron chi connectivity index (χ0n) is 14.7. The van der Waals surface area contributed by atoms with Crippen molar-refractivity contribution in [3.63, 3.8) is 0 Å². The summed E-state index contributed by atoms with van der Waals surface area (Å²) >= 11 is 2.10. The van der Waals surface area contributed by atoms with E-state index in [2.05, 4.69) is 10.3 Å². The van der Waals surface area contributed by atoms with Gasteiger partial charge in [0.1, 0.15) is 11.4 Å². The predicted molar refractivity (Wildman–Crippen MR) is 105 cm³/mol. The summed E-state index contributed by atoms with van der Waals surface area (Å²) in [6, 6.07) is 9.21. The molecule has 0 spiro atoms. The summed E-state index contributed by atoms with van der Waals surface area (Å²) in [5.41, 5.74) is 1.93. The van der Waals surface area contributed by atoms with Gasteiger partial charge >= 0.3 is 10.8 Å². The Kier molecular flexibility index (Phi) is 5.82. The van der Waals surface area contributed by atoms with Crippen LogP contribution >= 0.6 is 22.7 Å². The van der Waals surface area contributed by atoms with E-state index in [0.29, 0.717) is 10.6 Å². The number of nitrogens with one attached hydrogen (secondary N) is 1. The fraction of sp³-hybridized carbons (Fsp3) is 0.222. The van der Waals surface area contributed by atoms with Gasteiger partial charge in [0.15, 0.2) is 5.13 Å². The number of hydrogen-bond donors (Lipinski definition) is 1. The van der Waals surface area contributed by atoms with E-state index in [1.54, 1.807) is 19.2 Å². The molecule has 27 heavy (non-hydrogen) atoms. The lowest BCUT2D eigenvalue weighted by atomic mass is 10.1. The van der Waals surface area contributed by atoms with Crippen LogP contribution in [0.25, 0.3) is 11.3 Å². The molecule has 9 heteroatoms. The zero-order chi connectivity index (χ0) is 19.4. The quantitative estimate of drug-likeness (QED) is 0.639. The van der Waals surface area contributed by atoms with Gasteiger partial charge in [-0.3, -0.25) is 14.2 Å². The molecule has 0 fully saturated rings. The molecule has 2 heterocycles. The molecule has 1 aromatic carbocycles. The Morgan fingerprint density at radius 3 is 2.63 bits per heavy atom. The number of hydrogen-bond acceptors (Lipinski definition) is 7. The summed E-state index contributed by atoms with van der Waals surface area (Å²) in [7, 11) is 0. The Morgan fingerprint density at radius 2 is 2.00 bits per heavy atom. The van der Waals surface area contributed by atoms with Crippen LogP contribution in [-0.2, 0) is 16.1 Å². The monoisotopic (exact) mass is 403 g/mol. The van der Waals surface area contributed by atoms with Crippen molar-refractivity contribution in [3.05, 3.63) is 56.0 Å². The Labute approximate surface area is 163 Å². The van der Waals surface area contributed by atoms with Crippen molar-refractivity contribution in [1.82, 2.24) is 9.55 Å². The third kappa shape index (κ3) is 4.32. The molecule has 0 atom stereocenters. The molecule has 0 aliphatic heterocycles. The van der Waals surface area contributed by atoms with E-state index in [0.717, 1.165) is 33.9 Å². The van der Waals surface area contributed by atoms with Crippen LogP contribution in [0, 0.1) is 6.92 Å². The molecule has 7 nitrogen and oxygen atoms in total. The van der Waals surface area contributed by atoms with Gasteiger partial charge in [0.25, 0.3) is 0 Å². The summed E-state index contributed by atoms with van der Waals surface area (Å²) in [4.78, 5) is 40.9. The van der Waals surface area contributed by atoms with Gasteiger partial charge in [-0.25, -0.2) is 9.78 Å². The highest BCUT2D eigenvalue weighted by atomic mass is 32.1. The number of aryl methyl sites for hydroxylation is 1. The minimum atomic E-state index is -0.487. The fourth-order valence-corrected chi connectivity index (χ4v) is 4.03. The van der Waals surface area contributed by atoms with E-state index in [9.17, 15) is 14.4 Å². The number of thiazole rings is 2. The zero-order valence-corrected chi connectivity index (χ0v) is 16.4. The molecule has 0 saturated heterocycles. The maximum absolute atomic E-state index is 12.3. The maximum Gasteiger partial charge on any atom is 0.350 e. The molecule has 0 aliphatic rings. The van der Waals surface area contributed by atoms with E-state index >= 15 is 0 Å². The lowest BCUT2D eigenvalue weighted by Gasteiger charge is -2.04. The largest absolute Gasteiger partial charge is 0.462 e. The van der Waals surface area contributed by atoms with Gasteiger partial charge in [-0.05, 0) is 13.8 Å². The van der Waals surface area contributed by atoms with Crippen LogP contribution in [0.3, 0.4) is 0 Å². The topological polar surface area (TPSA) is 90.3 Å². The van der Waals surface area contributed by atoms with Gasteiger partial charge in [-0.2, -0.15) is 0 Å². The summed E-state index contributed by atoms with van der Waals surface area (Å²) in [5.74, 6) is -0.873. The number of nitrogens with zero attached hydrogens (tertiary/aromatic N) is 2. The first-order valence-electron chi connectivity index (χ1n) is 8.17. The van der Waals surface area contributed by atoms with E-state index in [1.165, 1.54) is 4.57 Å². The van der Waals surface area contributed by atoms with Gasteiger partial charge < -0.3 is 10.1 Å². The van der Waals surface area contributed by atoms with Crippen molar-refractivity contribution in [1.29, 1.82) is 0 Å². The number of anilines is 1. The van der Waals surface area contributed by atoms with Crippen LogP contribution in [-0.4, -0.2) is 28.0 Å². The van der Waals surface area contributed by atoms with Crippen LogP contribution in [0.4, 0.5) is 5.13 Å². The van der Waals surface area contributed by atoms with Crippen molar-refractivity contribution in [2.45, 2.75) is 20.4 Å². The second-order valence-corrected chi connectivity index (χ2v) is 7.38. The fourth-order valence-electron chi connectivity index (χ4n) is 2.40. The van der Waals surface area contributed by atoms with Crippen LogP contribution in [0.2, 0.25) is 0 Å². The molecule has 3 aromatic rings. The van der Waals surface area contributed by atoms with E-state index in [-0.39, 0.29) is 29.1 Å². The van der Waals surface area contributed by atoms with Gasteiger partial charge in [0, 0.05) is 16.6 Å². The molecule has 140 valence electrons. The van der Waals surface area contributed by atoms with Crippen molar-refractivity contribution in [3.8, 4) is 11.3 Å². The summed E-state index contributed by atoms with van der Waals surface area (Å²) in [6.07, 6.45) is 0. The van der Waals surface area contributed by atoms with Crippen molar-refractivity contribution >= 4 is 39.7 Å². The highest BCUT2D eigenvalue weighted by molar-refractivity contribution is 7.18. The number of carbonyl (C=O) groups excluding carboxylic acids is 2. The highest BCUT2D eigenvalue weighted by Crippen LogP contribution is 2.31. The van der Waals surface area contributed by atoms with Crippen LogP contribution in [0.1, 0.15) is 22.3 Å². The average molecular weight is 403 g/mol. The molecule has 2 aromatic heterocycles. The lowest BCUT2D eigenvalue weighted by molar-refractivity contribution is -0.116. The Hall–Kier alpha value is -2.78. The second-order valence-electron chi connectivity index (χ2n) is 5.56. The molecule has 1 amide bonds. The minimum absolute atomic E-state index is 0.108. The smallest absolute Gasteiger partial charge is 0.350 e. The molecule has 0 aliphatic carbocycles. The van der Waals surface area contributed by atoms with Crippen LogP contribution < -0.4 is 10.2 Å². The number of benzene rings is 1.